The van der Waals surface area contributed by atoms with Gasteiger partial charge in [0.2, 0.25) is 10.0 Å². The minimum Gasteiger partial charge on any atom is -0.480 e. The maximum atomic E-state index is 12.9. The molecule has 0 bridgehead atoms. The SMILES string of the molecule is CC(C)[C@H](NS(=O)(=O)c1cccc(F)c1)C(=O)O. The molecular weight excluding hydrogens is 261 g/mol. The van der Waals surface area contributed by atoms with Crippen LogP contribution in [0.15, 0.2) is 29.2 Å². The molecule has 100 valence electrons. The second kappa shape index (κ2) is 5.45. The molecule has 0 amide bonds. The van der Waals surface area contributed by atoms with Crippen LogP contribution in [0.25, 0.3) is 0 Å². The molecule has 0 aliphatic carbocycles. The molecule has 1 aromatic rings. The van der Waals surface area contributed by atoms with Crippen LogP contribution in [0.1, 0.15) is 13.8 Å². The van der Waals surface area contributed by atoms with E-state index in [0.717, 1.165) is 12.1 Å². The number of carboxylic acid groups (broad SMARTS) is 1. The van der Waals surface area contributed by atoms with Gasteiger partial charge in [-0.2, -0.15) is 4.72 Å². The first-order chi connectivity index (χ1) is 8.24. The van der Waals surface area contributed by atoms with Crippen molar-refractivity contribution in [3.8, 4) is 0 Å². The first-order valence-electron chi connectivity index (χ1n) is 5.25. The van der Waals surface area contributed by atoms with E-state index in [1.807, 2.05) is 4.72 Å². The van der Waals surface area contributed by atoms with Crippen LogP contribution in [-0.2, 0) is 14.8 Å². The Morgan fingerprint density at radius 3 is 2.44 bits per heavy atom. The highest BCUT2D eigenvalue weighted by Gasteiger charge is 2.28. The number of aliphatic carboxylic acids is 1. The lowest BCUT2D eigenvalue weighted by Gasteiger charge is -2.17. The molecule has 1 rings (SSSR count). The quantitative estimate of drug-likeness (QED) is 0.846. The molecule has 18 heavy (non-hydrogen) atoms. The Morgan fingerprint density at radius 2 is 2.00 bits per heavy atom. The van der Waals surface area contributed by atoms with E-state index >= 15 is 0 Å². The van der Waals surface area contributed by atoms with Gasteiger partial charge in [-0.05, 0) is 24.1 Å². The zero-order chi connectivity index (χ0) is 13.9. The molecule has 0 spiro atoms. The Kier molecular flexibility index (Phi) is 4.42. The summed E-state index contributed by atoms with van der Waals surface area (Å²) in [7, 11) is -4.04. The summed E-state index contributed by atoms with van der Waals surface area (Å²) in [5.41, 5.74) is 0. The van der Waals surface area contributed by atoms with Gasteiger partial charge in [-0.1, -0.05) is 19.9 Å². The molecule has 0 radical (unpaired) electrons. The molecule has 2 N–H and O–H groups in total. The molecule has 0 fully saturated rings. The van der Waals surface area contributed by atoms with E-state index in [-0.39, 0.29) is 4.90 Å². The van der Waals surface area contributed by atoms with Crippen LogP contribution in [0.2, 0.25) is 0 Å². The zero-order valence-corrected chi connectivity index (χ0v) is 10.7. The van der Waals surface area contributed by atoms with E-state index in [1.54, 1.807) is 13.8 Å². The Bertz CT molecular complexity index is 542. The van der Waals surface area contributed by atoms with Crippen LogP contribution in [0.4, 0.5) is 4.39 Å². The van der Waals surface area contributed by atoms with Crippen molar-refractivity contribution in [2.45, 2.75) is 24.8 Å². The van der Waals surface area contributed by atoms with Gasteiger partial charge in [0, 0.05) is 0 Å². The fourth-order valence-corrected chi connectivity index (χ4v) is 2.71. The summed E-state index contributed by atoms with van der Waals surface area (Å²) in [6.45, 7) is 3.15. The van der Waals surface area contributed by atoms with Crippen molar-refractivity contribution in [1.82, 2.24) is 4.72 Å². The first kappa shape index (κ1) is 14.6. The first-order valence-corrected chi connectivity index (χ1v) is 6.73. The molecule has 0 saturated carbocycles. The lowest BCUT2D eigenvalue weighted by Crippen LogP contribution is -2.44. The summed E-state index contributed by atoms with van der Waals surface area (Å²) >= 11 is 0. The number of rotatable bonds is 5. The average Bonchev–Trinajstić information content (AvgIpc) is 2.25. The lowest BCUT2D eigenvalue weighted by atomic mass is 10.1. The number of sulfonamides is 1. The Morgan fingerprint density at radius 1 is 1.39 bits per heavy atom. The minimum atomic E-state index is -4.04. The van der Waals surface area contributed by atoms with E-state index in [9.17, 15) is 17.6 Å². The highest BCUT2D eigenvalue weighted by Crippen LogP contribution is 2.13. The average molecular weight is 275 g/mol. The molecule has 1 aromatic carbocycles. The third kappa shape index (κ3) is 3.51. The molecule has 0 saturated heterocycles. The molecule has 0 aliphatic heterocycles. The summed E-state index contributed by atoms with van der Waals surface area (Å²) in [6, 6.07) is 3.13. The van der Waals surface area contributed by atoms with Crippen molar-refractivity contribution >= 4 is 16.0 Å². The second-order valence-corrected chi connectivity index (χ2v) is 5.85. The van der Waals surface area contributed by atoms with Crippen molar-refractivity contribution in [3.05, 3.63) is 30.1 Å². The number of carbonyl (C=O) groups is 1. The van der Waals surface area contributed by atoms with Gasteiger partial charge < -0.3 is 5.11 Å². The number of nitrogens with one attached hydrogen (secondary N) is 1. The summed E-state index contributed by atoms with van der Waals surface area (Å²) < 4.78 is 38.7. The van der Waals surface area contributed by atoms with Crippen LogP contribution in [0, 0.1) is 11.7 Å². The fraction of sp³-hybridized carbons (Fsp3) is 0.364. The number of carboxylic acids is 1. The third-order valence-electron chi connectivity index (χ3n) is 2.32. The third-order valence-corrected chi connectivity index (χ3v) is 3.76. The molecule has 0 heterocycles. The topological polar surface area (TPSA) is 83.5 Å². The second-order valence-electron chi connectivity index (χ2n) is 4.14. The van der Waals surface area contributed by atoms with Crippen molar-refractivity contribution in [3.63, 3.8) is 0 Å². The molecule has 1 atom stereocenters. The van der Waals surface area contributed by atoms with E-state index in [1.165, 1.54) is 12.1 Å². The van der Waals surface area contributed by atoms with Gasteiger partial charge in [0.25, 0.3) is 0 Å². The van der Waals surface area contributed by atoms with E-state index < -0.39 is 33.8 Å². The summed E-state index contributed by atoms with van der Waals surface area (Å²) in [5.74, 6) is -2.40. The molecule has 5 nitrogen and oxygen atoms in total. The van der Waals surface area contributed by atoms with Crippen LogP contribution in [0.3, 0.4) is 0 Å². The van der Waals surface area contributed by atoms with Crippen molar-refractivity contribution in [1.29, 1.82) is 0 Å². The van der Waals surface area contributed by atoms with E-state index in [2.05, 4.69) is 0 Å². The Hall–Kier alpha value is -1.47. The summed E-state index contributed by atoms with van der Waals surface area (Å²) in [6.07, 6.45) is 0. The van der Waals surface area contributed by atoms with Crippen LogP contribution >= 0.6 is 0 Å². The van der Waals surface area contributed by atoms with Gasteiger partial charge in [-0.25, -0.2) is 12.8 Å². The number of benzene rings is 1. The van der Waals surface area contributed by atoms with Gasteiger partial charge in [0.05, 0.1) is 4.90 Å². The predicted octanol–water partition coefficient (Wildman–Crippen LogP) is 1.21. The Labute approximate surface area is 105 Å². The molecular formula is C11H14FNO4S. The predicted molar refractivity (Wildman–Crippen MR) is 63.0 cm³/mol. The van der Waals surface area contributed by atoms with Gasteiger partial charge >= 0.3 is 5.97 Å². The summed E-state index contributed by atoms with van der Waals surface area (Å²) in [4.78, 5) is 10.6. The van der Waals surface area contributed by atoms with Crippen molar-refractivity contribution in [2.75, 3.05) is 0 Å². The summed E-state index contributed by atoms with van der Waals surface area (Å²) in [5, 5.41) is 8.91. The highest BCUT2D eigenvalue weighted by atomic mass is 32.2. The number of halogens is 1. The monoisotopic (exact) mass is 275 g/mol. The van der Waals surface area contributed by atoms with E-state index in [0.29, 0.717) is 0 Å². The fourth-order valence-electron chi connectivity index (χ4n) is 1.34. The maximum absolute atomic E-state index is 12.9. The van der Waals surface area contributed by atoms with Crippen LogP contribution in [0.5, 0.6) is 0 Å². The zero-order valence-electron chi connectivity index (χ0n) is 9.92. The largest absolute Gasteiger partial charge is 0.480 e. The standard InChI is InChI=1S/C11H14FNO4S/c1-7(2)10(11(14)15)13-18(16,17)9-5-3-4-8(12)6-9/h3-7,10,13H,1-2H3,(H,14,15)/t10-/m0/s1. The number of hydrogen-bond donors (Lipinski definition) is 2. The molecule has 0 aliphatic rings. The van der Waals surface area contributed by atoms with Crippen LogP contribution in [-0.4, -0.2) is 25.5 Å². The smallest absolute Gasteiger partial charge is 0.322 e. The number of hydrogen-bond acceptors (Lipinski definition) is 3. The molecule has 7 heteroatoms. The highest BCUT2D eigenvalue weighted by molar-refractivity contribution is 7.89. The van der Waals surface area contributed by atoms with Crippen molar-refractivity contribution < 1.29 is 22.7 Å². The van der Waals surface area contributed by atoms with Gasteiger partial charge in [-0.3, -0.25) is 4.79 Å². The molecule has 0 unspecified atom stereocenters. The molecule has 0 aromatic heterocycles. The minimum absolute atomic E-state index is 0.297. The normalized spacial score (nSPS) is 13.6. The van der Waals surface area contributed by atoms with Gasteiger partial charge in [0.1, 0.15) is 11.9 Å². The van der Waals surface area contributed by atoms with Crippen LogP contribution < -0.4 is 4.72 Å². The van der Waals surface area contributed by atoms with Gasteiger partial charge in [-0.15, -0.1) is 0 Å². The van der Waals surface area contributed by atoms with Gasteiger partial charge in [0.15, 0.2) is 0 Å². The Balaban J connectivity index is 3.05. The lowest BCUT2D eigenvalue weighted by molar-refractivity contribution is -0.140. The van der Waals surface area contributed by atoms with E-state index in [4.69, 9.17) is 5.11 Å². The van der Waals surface area contributed by atoms with Crippen molar-refractivity contribution in [2.24, 2.45) is 5.92 Å². The maximum Gasteiger partial charge on any atom is 0.322 e.